The molecule has 0 aliphatic carbocycles. The van der Waals surface area contributed by atoms with E-state index in [0.717, 1.165) is 22.4 Å². The van der Waals surface area contributed by atoms with E-state index in [1.54, 1.807) is 0 Å². The van der Waals surface area contributed by atoms with Crippen molar-refractivity contribution in [3.05, 3.63) is 35.4 Å². The Morgan fingerprint density at radius 2 is 1.88 bits per heavy atom. The number of likely N-dealkylation sites (N-methyl/N-ethyl adjacent to an activating group) is 1. The molecule has 90 valence electrons. The molecule has 0 unspecified atom stereocenters. The molecule has 0 saturated carbocycles. The van der Waals surface area contributed by atoms with Gasteiger partial charge in [-0.25, -0.2) is 0 Å². The molecule has 0 spiro atoms. The maximum atomic E-state index is 8.86. The second-order valence-corrected chi connectivity index (χ2v) is 4.05. The van der Waals surface area contributed by atoms with Gasteiger partial charge in [-0.3, -0.25) is 0 Å². The molecule has 1 aromatic carbocycles. The van der Waals surface area contributed by atoms with Gasteiger partial charge in [0.2, 0.25) is 0 Å². The molecule has 1 N–H and O–H groups in total. The van der Waals surface area contributed by atoms with Crippen LogP contribution in [0.5, 0.6) is 0 Å². The highest BCUT2D eigenvalue weighted by Crippen LogP contribution is 2.21. The van der Waals surface area contributed by atoms with Crippen LogP contribution in [0, 0.1) is 11.3 Å². The van der Waals surface area contributed by atoms with Crippen molar-refractivity contribution in [2.75, 3.05) is 25.1 Å². The van der Waals surface area contributed by atoms with E-state index in [1.807, 2.05) is 50.1 Å². The minimum absolute atomic E-state index is 0.144. The molecule has 0 amide bonds. The van der Waals surface area contributed by atoms with E-state index in [2.05, 4.69) is 6.07 Å². The van der Waals surface area contributed by atoms with E-state index in [9.17, 15) is 0 Å². The minimum Gasteiger partial charge on any atom is -0.395 e. The van der Waals surface area contributed by atoms with Crippen LogP contribution in [0.4, 0.5) is 5.69 Å². The first kappa shape index (κ1) is 13.3. The van der Waals surface area contributed by atoms with Crippen LogP contribution in [0.3, 0.4) is 0 Å². The van der Waals surface area contributed by atoms with Crippen molar-refractivity contribution >= 4 is 11.3 Å². The molecule has 0 bridgehead atoms. The van der Waals surface area contributed by atoms with Crippen molar-refractivity contribution in [2.24, 2.45) is 0 Å². The number of rotatable bonds is 4. The number of hydrogen-bond donors (Lipinski definition) is 1. The molecule has 0 atom stereocenters. The van der Waals surface area contributed by atoms with Gasteiger partial charge in [-0.1, -0.05) is 12.1 Å². The monoisotopic (exact) mass is 230 g/mol. The predicted molar refractivity (Wildman–Crippen MR) is 70.7 cm³/mol. The average Bonchev–Trinajstić information content (AvgIpc) is 2.37. The van der Waals surface area contributed by atoms with Crippen molar-refractivity contribution in [3.63, 3.8) is 0 Å². The maximum absolute atomic E-state index is 8.86. The van der Waals surface area contributed by atoms with Gasteiger partial charge in [0.05, 0.1) is 12.7 Å². The van der Waals surface area contributed by atoms with Crippen LogP contribution in [0.2, 0.25) is 0 Å². The van der Waals surface area contributed by atoms with Crippen LogP contribution in [0.1, 0.15) is 19.4 Å². The van der Waals surface area contributed by atoms with E-state index in [4.69, 9.17) is 10.4 Å². The molecule has 1 aromatic rings. The number of aliphatic hydroxyl groups is 1. The van der Waals surface area contributed by atoms with Crippen LogP contribution in [0.25, 0.3) is 5.57 Å². The molecule has 0 aliphatic rings. The van der Waals surface area contributed by atoms with E-state index >= 15 is 0 Å². The molecule has 17 heavy (non-hydrogen) atoms. The first-order chi connectivity index (χ1) is 8.10. The zero-order chi connectivity index (χ0) is 12.8. The second-order valence-electron chi connectivity index (χ2n) is 4.05. The van der Waals surface area contributed by atoms with Crippen LogP contribution < -0.4 is 4.90 Å². The number of allylic oxidation sites excluding steroid dienone is 2. The number of benzene rings is 1. The fraction of sp³-hybridized carbons (Fsp3) is 0.357. The van der Waals surface area contributed by atoms with Crippen LogP contribution in [-0.4, -0.2) is 25.3 Å². The number of anilines is 1. The third-order valence-corrected chi connectivity index (χ3v) is 2.91. The molecule has 0 aliphatic heterocycles. The molecule has 0 heterocycles. The van der Waals surface area contributed by atoms with Gasteiger partial charge in [-0.2, -0.15) is 5.26 Å². The van der Waals surface area contributed by atoms with Crippen molar-refractivity contribution in [1.82, 2.24) is 0 Å². The van der Waals surface area contributed by atoms with E-state index in [0.29, 0.717) is 6.54 Å². The maximum Gasteiger partial charge on any atom is 0.0947 e. The third kappa shape index (κ3) is 3.33. The molecular weight excluding hydrogens is 212 g/mol. The quantitative estimate of drug-likeness (QED) is 0.808. The summed E-state index contributed by atoms with van der Waals surface area (Å²) in [6, 6.07) is 10.2. The normalized spacial score (nSPS) is 11.7. The van der Waals surface area contributed by atoms with Gasteiger partial charge in [0.1, 0.15) is 0 Å². The lowest BCUT2D eigenvalue weighted by Gasteiger charge is -2.18. The van der Waals surface area contributed by atoms with Gasteiger partial charge < -0.3 is 10.0 Å². The van der Waals surface area contributed by atoms with Crippen molar-refractivity contribution < 1.29 is 5.11 Å². The van der Waals surface area contributed by atoms with Crippen LogP contribution >= 0.6 is 0 Å². The zero-order valence-electron chi connectivity index (χ0n) is 10.6. The van der Waals surface area contributed by atoms with Crippen molar-refractivity contribution in [2.45, 2.75) is 13.8 Å². The lowest BCUT2D eigenvalue weighted by molar-refractivity contribution is 0.304. The van der Waals surface area contributed by atoms with Crippen molar-refractivity contribution in [3.8, 4) is 6.07 Å². The third-order valence-electron chi connectivity index (χ3n) is 2.91. The molecule has 3 nitrogen and oxygen atoms in total. The predicted octanol–water partition coefficient (Wildman–Crippen LogP) is 2.43. The Morgan fingerprint density at radius 3 is 2.35 bits per heavy atom. The molecule has 0 fully saturated rings. The van der Waals surface area contributed by atoms with E-state index in [1.165, 1.54) is 0 Å². The summed E-state index contributed by atoms with van der Waals surface area (Å²) in [5, 5.41) is 17.7. The molecule has 1 rings (SSSR count). The second kappa shape index (κ2) is 6.07. The highest BCUT2D eigenvalue weighted by Gasteiger charge is 2.02. The summed E-state index contributed by atoms with van der Waals surface area (Å²) in [5.41, 5.74) is 3.86. The highest BCUT2D eigenvalue weighted by molar-refractivity contribution is 5.70. The van der Waals surface area contributed by atoms with Gasteiger partial charge in [0.15, 0.2) is 0 Å². The summed E-state index contributed by atoms with van der Waals surface area (Å²) in [5.74, 6) is 0. The fourth-order valence-electron chi connectivity index (χ4n) is 1.55. The Kier molecular flexibility index (Phi) is 4.74. The van der Waals surface area contributed by atoms with E-state index < -0.39 is 0 Å². The Hall–Kier alpha value is -1.79. The summed E-state index contributed by atoms with van der Waals surface area (Å²) in [4.78, 5) is 1.99. The zero-order valence-corrected chi connectivity index (χ0v) is 10.6. The lowest BCUT2D eigenvalue weighted by Crippen LogP contribution is -2.20. The minimum atomic E-state index is 0.144. The van der Waals surface area contributed by atoms with Crippen LogP contribution in [0.15, 0.2) is 29.8 Å². The summed E-state index contributed by atoms with van der Waals surface area (Å²) in [7, 11) is 1.94. The summed E-state index contributed by atoms with van der Waals surface area (Å²) >= 11 is 0. The van der Waals surface area contributed by atoms with Gasteiger partial charge >= 0.3 is 0 Å². The van der Waals surface area contributed by atoms with E-state index in [-0.39, 0.29) is 6.61 Å². The number of aliphatic hydroxyl groups excluding tert-OH is 1. The Balaban J connectivity index is 2.93. The Labute approximate surface area is 103 Å². The largest absolute Gasteiger partial charge is 0.395 e. The topological polar surface area (TPSA) is 47.3 Å². The number of nitriles is 1. The SMILES string of the molecule is CC(C#N)=C(C)c1ccc(N(C)CCO)cc1. The molecule has 0 saturated heterocycles. The number of hydrogen-bond acceptors (Lipinski definition) is 3. The summed E-state index contributed by atoms with van der Waals surface area (Å²) < 4.78 is 0. The van der Waals surface area contributed by atoms with Gasteiger partial charge in [0, 0.05) is 24.9 Å². The van der Waals surface area contributed by atoms with Gasteiger partial charge in [-0.05, 0) is 37.1 Å². The lowest BCUT2D eigenvalue weighted by atomic mass is 10.0. The smallest absolute Gasteiger partial charge is 0.0947 e. The number of nitrogens with zero attached hydrogens (tertiary/aromatic N) is 2. The Morgan fingerprint density at radius 1 is 1.29 bits per heavy atom. The standard InChI is InChI=1S/C14H18N2O/c1-11(10-15)12(2)13-4-6-14(7-5-13)16(3)8-9-17/h4-7,17H,8-9H2,1-3H3. The molecule has 3 heteroatoms. The molecule has 0 radical (unpaired) electrons. The van der Waals surface area contributed by atoms with Crippen LogP contribution in [-0.2, 0) is 0 Å². The van der Waals surface area contributed by atoms with Crippen molar-refractivity contribution in [1.29, 1.82) is 5.26 Å². The van der Waals surface area contributed by atoms with Gasteiger partial charge in [-0.15, -0.1) is 0 Å². The highest BCUT2D eigenvalue weighted by atomic mass is 16.3. The first-order valence-electron chi connectivity index (χ1n) is 5.60. The first-order valence-corrected chi connectivity index (χ1v) is 5.60. The Bertz CT molecular complexity index is 440. The molecular formula is C14H18N2O. The summed E-state index contributed by atoms with van der Waals surface area (Å²) in [6.07, 6.45) is 0. The fourth-order valence-corrected chi connectivity index (χ4v) is 1.55. The molecule has 0 aromatic heterocycles. The van der Waals surface area contributed by atoms with Gasteiger partial charge in [0.25, 0.3) is 0 Å². The average molecular weight is 230 g/mol. The summed E-state index contributed by atoms with van der Waals surface area (Å²) in [6.45, 7) is 4.53.